The molecule has 2 rings (SSSR count). The maximum atomic E-state index is 13.4. The van der Waals surface area contributed by atoms with E-state index in [0.29, 0.717) is 13.0 Å². The van der Waals surface area contributed by atoms with Crippen LogP contribution in [0.25, 0.3) is 0 Å². The third-order valence-electron chi connectivity index (χ3n) is 2.63. The minimum Gasteiger partial charge on any atom is -0.296 e. The topological polar surface area (TPSA) is 3.24 Å². The number of hydrogen-bond acceptors (Lipinski definition) is 1. The van der Waals surface area contributed by atoms with Crippen LogP contribution in [0, 0.1) is 6.92 Å². The Balaban J connectivity index is 1.94. The van der Waals surface area contributed by atoms with Gasteiger partial charge < -0.3 is 0 Å². The lowest BCUT2D eigenvalue weighted by molar-refractivity contribution is 0.215. The van der Waals surface area contributed by atoms with Crippen molar-refractivity contribution in [3.8, 4) is 0 Å². The molecule has 0 N–H and O–H groups in total. The molecule has 1 radical (unpaired) electrons. The molecule has 1 nitrogen and oxygen atoms in total. The number of halogens is 1. The van der Waals surface area contributed by atoms with Crippen molar-refractivity contribution in [2.45, 2.75) is 18.6 Å². The molecule has 1 saturated heterocycles. The summed E-state index contributed by atoms with van der Waals surface area (Å²) in [4.78, 5) is 2.11. The molecule has 1 atom stereocenters. The maximum Gasteiger partial charge on any atom is 0.125 e. The summed E-state index contributed by atoms with van der Waals surface area (Å²) >= 11 is 0. The number of alkyl halides is 1. The van der Waals surface area contributed by atoms with Crippen molar-refractivity contribution in [2.75, 3.05) is 13.1 Å². The molecule has 0 amide bonds. The molecule has 75 valence electrons. The second kappa shape index (κ2) is 3.70. The van der Waals surface area contributed by atoms with Gasteiger partial charge in [-0.3, -0.25) is 4.90 Å². The van der Waals surface area contributed by atoms with Crippen molar-refractivity contribution in [3.63, 3.8) is 0 Å². The lowest BCUT2D eigenvalue weighted by atomic mass is 10.1. The normalized spacial score (nSPS) is 28.1. The zero-order valence-corrected chi connectivity index (χ0v) is 8.25. The minimum atomic E-state index is -1.23. The first kappa shape index (κ1) is 9.66. The molecule has 1 heterocycles. The number of rotatable bonds is 2. The maximum absolute atomic E-state index is 13.4. The Kier molecular flexibility index (Phi) is 2.55. The number of benzene rings is 1. The van der Waals surface area contributed by atoms with E-state index in [0.717, 1.165) is 13.1 Å². The molecule has 1 aliphatic rings. The fourth-order valence-corrected chi connectivity index (χ4v) is 1.89. The van der Waals surface area contributed by atoms with Gasteiger partial charge in [-0.2, -0.15) is 0 Å². The Morgan fingerprint density at radius 2 is 2.07 bits per heavy atom. The summed E-state index contributed by atoms with van der Waals surface area (Å²) in [5, 5.41) is 0. The van der Waals surface area contributed by atoms with Crippen LogP contribution in [0.4, 0.5) is 4.39 Å². The van der Waals surface area contributed by atoms with Crippen LogP contribution < -0.4 is 0 Å². The molecule has 2 heteroatoms. The van der Waals surface area contributed by atoms with Crippen LogP contribution in [0.15, 0.2) is 30.3 Å². The van der Waals surface area contributed by atoms with Crippen molar-refractivity contribution >= 4 is 0 Å². The van der Waals surface area contributed by atoms with E-state index in [-0.39, 0.29) is 0 Å². The summed E-state index contributed by atoms with van der Waals surface area (Å²) < 4.78 is 13.4. The molecule has 1 aromatic rings. The summed E-state index contributed by atoms with van der Waals surface area (Å²) in [6, 6.07) is 10.2. The van der Waals surface area contributed by atoms with Gasteiger partial charge in [-0.1, -0.05) is 30.3 Å². The van der Waals surface area contributed by atoms with E-state index < -0.39 is 5.67 Å². The molecule has 0 bridgehead atoms. The lowest BCUT2D eigenvalue weighted by Gasteiger charge is -2.16. The van der Waals surface area contributed by atoms with Crippen molar-refractivity contribution in [3.05, 3.63) is 42.8 Å². The van der Waals surface area contributed by atoms with Gasteiger partial charge in [0.25, 0.3) is 0 Å². The average Bonchev–Trinajstić information content (AvgIpc) is 2.47. The van der Waals surface area contributed by atoms with Gasteiger partial charge in [-0.05, 0) is 18.9 Å². The molecule has 0 spiro atoms. The second-order valence-electron chi connectivity index (χ2n) is 4.10. The lowest BCUT2D eigenvalue weighted by Crippen LogP contribution is -2.25. The number of nitrogens with zero attached hydrogens (tertiary/aromatic N) is 1. The van der Waals surface area contributed by atoms with E-state index in [1.165, 1.54) is 5.56 Å². The van der Waals surface area contributed by atoms with Gasteiger partial charge in [-0.25, -0.2) is 4.39 Å². The predicted octanol–water partition coefficient (Wildman–Crippen LogP) is 2.43. The SMILES string of the molecule is [CH2]C1(F)CCN(Cc2ccccc2)C1. The van der Waals surface area contributed by atoms with Gasteiger partial charge >= 0.3 is 0 Å². The largest absolute Gasteiger partial charge is 0.296 e. The van der Waals surface area contributed by atoms with Gasteiger partial charge in [0, 0.05) is 19.6 Å². The Hall–Kier alpha value is -0.890. The third-order valence-corrected chi connectivity index (χ3v) is 2.63. The molecule has 1 unspecified atom stereocenters. The summed E-state index contributed by atoms with van der Waals surface area (Å²) in [7, 11) is 0. The van der Waals surface area contributed by atoms with Crippen LogP contribution in [0.5, 0.6) is 0 Å². The van der Waals surface area contributed by atoms with Crippen LogP contribution in [-0.2, 0) is 6.54 Å². The van der Waals surface area contributed by atoms with E-state index in [2.05, 4.69) is 24.0 Å². The third kappa shape index (κ3) is 2.32. The summed E-state index contributed by atoms with van der Waals surface area (Å²) in [6.07, 6.45) is 0.555. The highest BCUT2D eigenvalue weighted by molar-refractivity contribution is 5.15. The monoisotopic (exact) mass is 192 g/mol. The Labute approximate surface area is 84.5 Å². The smallest absolute Gasteiger partial charge is 0.125 e. The van der Waals surface area contributed by atoms with Crippen LogP contribution in [0.3, 0.4) is 0 Å². The molecular weight excluding hydrogens is 177 g/mol. The quantitative estimate of drug-likeness (QED) is 0.695. The van der Waals surface area contributed by atoms with Crippen LogP contribution in [0.2, 0.25) is 0 Å². The summed E-state index contributed by atoms with van der Waals surface area (Å²) in [5.41, 5.74) is 0.0135. The molecular formula is C12H15FN. The van der Waals surface area contributed by atoms with Gasteiger partial charge in [0.05, 0.1) is 0 Å². The molecule has 1 aromatic carbocycles. The zero-order chi connectivity index (χ0) is 10.0. The van der Waals surface area contributed by atoms with E-state index in [9.17, 15) is 4.39 Å². The summed E-state index contributed by atoms with van der Waals surface area (Å²) in [5.74, 6) is 0. The summed E-state index contributed by atoms with van der Waals surface area (Å²) in [6.45, 7) is 5.66. The first-order valence-corrected chi connectivity index (χ1v) is 4.96. The molecule has 1 fully saturated rings. The highest BCUT2D eigenvalue weighted by atomic mass is 19.1. The van der Waals surface area contributed by atoms with E-state index in [1.54, 1.807) is 0 Å². The van der Waals surface area contributed by atoms with Gasteiger partial charge in [-0.15, -0.1) is 0 Å². The van der Waals surface area contributed by atoms with Gasteiger partial charge in [0.15, 0.2) is 0 Å². The minimum absolute atomic E-state index is 0.460. The fraction of sp³-hybridized carbons (Fsp3) is 0.417. The van der Waals surface area contributed by atoms with Gasteiger partial charge in [0.2, 0.25) is 0 Å². The molecule has 0 aliphatic carbocycles. The van der Waals surface area contributed by atoms with Crippen LogP contribution in [-0.4, -0.2) is 23.7 Å². The molecule has 0 saturated carbocycles. The van der Waals surface area contributed by atoms with Crippen molar-refractivity contribution in [1.82, 2.24) is 4.90 Å². The first-order valence-electron chi connectivity index (χ1n) is 4.96. The van der Waals surface area contributed by atoms with Gasteiger partial charge in [0.1, 0.15) is 5.67 Å². The van der Waals surface area contributed by atoms with Crippen LogP contribution >= 0.6 is 0 Å². The van der Waals surface area contributed by atoms with E-state index in [4.69, 9.17) is 0 Å². The highest BCUT2D eigenvalue weighted by Gasteiger charge is 2.33. The van der Waals surface area contributed by atoms with Crippen molar-refractivity contribution < 1.29 is 4.39 Å². The zero-order valence-electron chi connectivity index (χ0n) is 8.25. The van der Waals surface area contributed by atoms with E-state index >= 15 is 0 Å². The number of hydrogen-bond donors (Lipinski definition) is 0. The first-order chi connectivity index (χ1) is 6.66. The molecule has 0 aromatic heterocycles. The highest BCUT2D eigenvalue weighted by Crippen LogP contribution is 2.25. The molecule has 14 heavy (non-hydrogen) atoms. The molecule has 1 aliphatic heterocycles. The predicted molar refractivity (Wildman–Crippen MR) is 55.5 cm³/mol. The second-order valence-corrected chi connectivity index (χ2v) is 4.10. The van der Waals surface area contributed by atoms with Crippen molar-refractivity contribution in [2.24, 2.45) is 0 Å². The van der Waals surface area contributed by atoms with Crippen LogP contribution in [0.1, 0.15) is 12.0 Å². The van der Waals surface area contributed by atoms with Crippen molar-refractivity contribution in [1.29, 1.82) is 0 Å². The van der Waals surface area contributed by atoms with E-state index in [1.807, 2.05) is 18.2 Å². The Morgan fingerprint density at radius 3 is 2.64 bits per heavy atom. The number of likely N-dealkylation sites (tertiary alicyclic amines) is 1. The standard InChI is InChI=1S/C12H15FN/c1-12(13)7-8-14(10-12)9-11-5-3-2-4-6-11/h2-6H,1,7-10H2. The fourth-order valence-electron chi connectivity index (χ4n) is 1.89. The Bertz CT molecular complexity index is 294. The Morgan fingerprint density at radius 1 is 1.36 bits per heavy atom. The average molecular weight is 192 g/mol.